The first-order valence-corrected chi connectivity index (χ1v) is 5.58. The summed E-state index contributed by atoms with van der Waals surface area (Å²) in [5.41, 5.74) is 5.20. The molecule has 2 atom stereocenters. The fourth-order valence-electron chi connectivity index (χ4n) is 1.76. The maximum atomic E-state index is 11.7. The fraction of sp³-hybridized carbons (Fsp3) is 0.909. The van der Waals surface area contributed by atoms with Crippen molar-refractivity contribution in [2.75, 3.05) is 13.1 Å². The van der Waals surface area contributed by atoms with Crippen LogP contribution in [0.25, 0.3) is 0 Å². The first-order chi connectivity index (χ1) is 6.92. The maximum absolute atomic E-state index is 11.7. The van der Waals surface area contributed by atoms with Gasteiger partial charge in [0.25, 0.3) is 0 Å². The summed E-state index contributed by atoms with van der Waals surface area (Å²) < 4.78 is 5.33. The molecule has 1 rings (SSSR count). The second-order valence-corrected chi connectivity index (χ2v) is 5.17. The van der Waals surface area contributed by atoms with E-state index in [-0.39, 0.29) is 12.0 Å². The number of carbonyl (C=O) groups is 1. The van der Waals surface area contributed by atoms with Gasteiger partial charge in [0.1, 0.15) is 11.6 Å². The third kappa shape index (κ3) is 4.18. The molecule has 0 aromatic carbocycles. The van der Waals surface area contributed by atoms with Gasteiger partial charge in [0, 0.05) is 0 Å². The van der Waals surface area contributed by atoms with Crippen molar-refractivity contribution in [2.45, 2.75) is 45.3 Å². The van der Waals surface area contributed by atoms with Gasteiger partial charge in [0.2, 0.25) is 0 Å². The number of nitrogens with two attached hydrogens (primary N) is 1. The molecule has 1 heterocycles. The van der Waals surface area contributed by atoms with Gasteiger partial charge >= 0.3 is 5.97 Å². The lowest BCUT2D eigenvalue weighted by Crippen LogP contribution is -2.47. The Morgan fingerprint density at radius 2 is 2.20 bits per heavy atom. The molecule has 1 saturated heterocycles. The highest BCUT2D eigenvalue weighted by Crippen LogP contribution is 2.18. The number of esters is 1. The van der Waals surface area contributed by atoms with Crippen LogP contribution >= 0.6 is 0 Å². The molecule has 3 N–H and O–H groups in total. The van der Waals surface area contributed by atoms with Crippen LogP contribution in [0.3, 0.4) is 0 Å². The third-order valence-electron chi connectivity index (χ3n) is 2.54. The number of carbonyl (C=O) groups excluding carboxylic acids is 1. The van der Waals surface area contributed by atoms with Gasteiger partial charge in [-0.1, -0.05) is 0 Å². The second kappa shape index (κ2) is 4.94. The second-order valence-electron chi connectivity index (χ2n) is 5.17. The predicted molar refractivity (Wildman–Crippen MR) is 59.4 cm³/mol. The first kappa shape index (κ1) is 12.5. The van der Waals surface area contributed by atoms with Crippen LogP contribution in [-0.2, 0) is 9.53 Å². The van der Waals surface area contributed by atoms with Crippen LogP contribution in [0.5, 0.6) is 0 Å². The maximum Gasteiger partial charge on any atom is 0.323 e. The number of piperidine rings is 1. The molecule has 2 unspecified atom stereocenters. The van der Waals surface area contributed by atoms with E-state index >= 15 is 0 Å². The molecule has 4 nitrogen and oxygen atoms in total. The molecular formula is C11H22N2O2. The van der Waals surface area contributed by atoms with Gasteiger partial charge in [-0.05, 0) is 52.6 Å². The van der Waals surface area contributed by atoms with E-state index < -0.39 is 5.60 Å². The van der Waals surface area contributed by atoms with Gasteiger partial charge in [-0.15, -0.1) is 0 Å². The number of hydrogen-bond donors (Lipinski definition) is 2. The van der Waals surface area contributed by atoms with Crippen molar-refractivity contribution >= 4 is 5.97 Å². The molecular weight excluding hydrogens is 192 g/mol. The zero-order valence-electron chi connectivity index (χ0n) is 9.88. The SMILES string of the molecule is CC(C)(C)OC(=O)C1CC(CN)CCN1. The number of ether oxygens (including phenoxy) is 1. The summed E-state index contributed by atoms with van der Waals surface area (Å²) in [4.78, 5) is 11.7. The molecule has 0 amide bonds. The molecule has 0 bridgehead atoms. The molecule has 1 fully saturated rings. The van der Waals surface area contributed by atoms with Crippen molar-refractivity contribution in [1.29, 1.82) is 0 Å². The van der Waals surface area contributed by atoms with Gasteiger partial charge in [0.15, 0.2) is 0 Å². The minimum Gasteiger partial charge on any atom is -0.459 e. The Kier molecular flexibility index (Phi) is 4.11. The highest BCUT2D eigenvalue weighted by molar-refractivity contribution is 5.76. The summed E-state index contributed by atoms with van der Waals surface area (Å²) in [5, 5.41) is 3.18. The lowest BCUT2D eigenvalue weighted by atomic mass is 9.92. The Morgan fingerprint density at radius 1 is 1.53 bits per heavy atom. The lowest BCUT2D eigenvalue weighted by Gasteiger charge is -2.30. The van der Waals surface area contributed by atoms with Crippen molar-refractivity contribution < 1.29 is 9.53 Å². The van der Waals surface area contributed by atoms with Crippen LogP contribution in [-0.4, -0.2) is 30.7 Å². The van der Waals surface area contributed by atoms with Crippen LogP contribution < -0.4 is 11.1 Å². The van der Waals surface area contributed by atoms with E-state index in [1.165, 1.54) is 0 Å². The Labute approximate surface area is 91.5 Å². The molecule has 15 heavy (non-hydrogen) atoms. The van der Waals surface area contributed by atoms with Crippen LogP contribution in [0.1, 0.15) is 33.6 Å². The molecule has 0 radical (unpaired) electrons. The highest BCUT2D eigenvalue weighted by atomic mass is 16.6. The van der Waals surface area contributed by atoms with E-state index in [0.717, 1.165) is 19.4 Å². The van der Waals surface area contributed by atoms with Gasteiger partial charge in [-0.25, -0.2) is 0 Å². The molecule has 1 aliphatic rings. The largest absolute Gasteiger partial charge is 0.459 e. The molecule has 1 aliphatic heterocycles. The Balaban J connectivity index is 2.45. The summed E-state index contributed by atoms with van der Waals surface area (Å²) in [5.74, 6) is 0.296. The van der Waals surface area contributed by atoms with Gasteiger partial charge in [0.05, 0.1) is 0 Å². The van der Waals surface area contributed by atoms with Crippen LogP contribution in [0, 0.1) is 5.92 Å². The minimum absolute atomic E-state index is 0.152. The fourth-order valence-corrected chi connectivity index (χ4v) is 1.76. The Hall–Kier alpha value is -0.610. The molecule has 0 saturated carbocycles. The van der Waals surface area contributed by atoms with E-state index in [9.17, 15) is 4.79 Å². The van der Waals surface area contributed by atoms with Crippen LogP contribution in [0.4, 0.5) is 0 Å². The van der Waals surface area contributed by atoms with Crippen LogP contribution in [0.2, 0.25) is 0 Å². The van der Waals surface area contributed by atoms with Crippen molar-refractivity contribution in [1.82, 2.24) is 5.32 Å². The molecule has 4 heteroatoms. The number of rotatable bonds is 2. The normalized spacial score (nSPS) is 27.5. The smallest absolute Gasteiger partial charge is 0.323 e. The van der Waals surface area contributed by atoms with Gasteiger partial charge in [-0.2, -0.15) is 0 Å². The monoisotopic (exact) mass is 214 g/mol. The zero-order valence-corrected chi connectivity index (χ0v) is 9.88. The molecule has 0 spiro atoms. The lowest BCUT2D eigenvalue weighted by molar-refractivity contribution is -0.158. The summed E-state index contributed by atoms with van der Waals surface area (Å²) in [6.07, 6.45) is 1.85. The molecule has 0 aromatic rings. The van der Waals surface area contributed by atoms with Gasteiger partial charge < -0.3 is 15.8 Å². The average molecular weight is 214 g/mol. The Morgan fingerprint density at radius 3 is 2.73 bits per heavy atom. The number of hydrogen-bond acceptors (Lipinski definition) is 4. The van der Waals surface area contributed by atoms with E-state index in [4.69, 9.17) is 10.5 Å². The summed E-state index contributed by atoms with van der Waals surface area (Å²) >= 11 is 0. The van der Waals surface area contributed by atoms with E-state index in [1.807, 2.05) is 20.8 Å². The molecule has 0 aliphatic carbocycles. The topological polar surface area (TPSA) is 64.3 Å². The third-order valence-corrected chi connectivity index (χ3v) is 2.54. The van der Waals surface area contributed by atoms with Gasteiger partial charge in [-0.3, -0.25) is 4.79 Å². The summed E-state index contributed by atoms with van der Waals surface area (Å²) in [6.45, 7) is 7.16. The van der Waals surface area contributed by atoms with E-state index in [1.54, 1.807) is 0 Å². The molecule has 88 valence electrons. The van der Waals surface area contributed by atoms with Crippen molar-refractivity contribution in [3.63, 3.8) is 0 Å². The van der Waals surface area contributed by atoms with Crippen LogP contribution in [0.15, 0.2) is 0 Å². The molecule has 0 aromatic heterocycles. The Bertz CT molecular complexity index is 223. The van der Waals surface area contributed by atoms with Crippen molar-refractivity contribution in [2.24, 2.45) is 11.7 Å². The summed E-state index contributed by atoms with van der Waals surface area (Å²) in [6, 6.07) is -0.175. The standard InChI is InChI=1S/C11H22N2O2/c1-11(2,3)15-10(14)9-6-8(7-12)4-5-13-9/h8-9,13H,4-7,12H2,1-3H3. The average Bonchev–Trinajstić information content (AvgIpc) is 2.15. The predicted octanol–water partition coefficient (Wildman–Crippen LogP) is 0.655. The highest BCUT2D eigenvalue weighted by Gasteiger charge is 2.29. The zero-order chi connectivity index (χ0) is 11.5. The van der Waals surface area contributed by atoms with Crippen molar-refractivity contribution in [3.8, 4) is 0 Å². The minimum atomic E-state index is -0.408. The number of nitrogens with one attached hydrogen (secondary N) is 1. The van der Waals surface area contributed by atoms with E-state index in [0.29, 0.717) is 12.5 Å². The van der Waals surface area contributed by atoms with Crippen molar-refractivity contribution in [3.05, 3.63) is 0 Å². The van der Waals surface area contributed by atoms with E-state index in [2.05, 4.69) is 5.32 Å². The first-order valence-electron chi connectivity index (χ1n) is 5.58. The quantitative estimate of drug-likeness (QED) is 0.663. The summed E-state index contributed by atoms with van der Waals surface area (Å²) in [7, 11) is 0.